The minimum absolute atomic E-state index is 0.103. The highest BCUT2D eigenvalue weighted by Crippen LogP contribution is 2.22. The number of hydrogen-bond donors (Lipinski definition) is 0. The summed E-state index contributed by atoms with van der Waals surface area (Å²) in [6.45, 7) is 3.11. The van der Waals surface area contributed by atoms with Crippen molar-refractivity contribution in [3.63, 3.8) is 0 Å². The van der Waals surface area contributed by atoms with Gasteiger partial charge in [-0.05, 0) is 36.4 Å². The van der Waals surface area contributed by atoms with Crippen LogP contribution in [-0.2, 0) is 4.79 Å². The van der Waals surface area contributed by atoms with Crippen LogP contribution in [0.4, 0.5) is 5.69 Å². The average molecular weight is 420 g/mol. The fourth-order valence-electron chi connectivity index (χ4n) is 3.49. The molecule has 4 heterocycles. The highest BCUT2D eigenvalue weighted by Gasteiger charge is 2.22. The molecular formula is C21H20N6O2S. The van der Waals surface area contributed by atoms with Gasteiger partial charge in [-0.15, -0.1) is 10.2 Å². The molecule has 1 fully saturated rings. The zero-order valence-electron chi connectivity index (χ0n) is 16.2. The molecule has 5 rings (SSSR count). The zero-order valence-corrected chi connectivity index (χ0v) is 17.0. The SMILES string of the molecule is O=C(CSc1nnc2ccc(-c3ccco3)nn12)N1CCN(c2ccccc2)CC1. The molecule has 0 aliphatic carbocycles. The van der Waals surface area contributed by atoms with Crippen molar-refractivity contribution in [2.24, 2.45) is 0 Å². The van der Waals surface area contributed by atoms with Gasteiger partial charge in [-0.1, -0.05) is 30.0 Å². The van der Waals surface area contributed by atoms with Crippen LogP contribution >= 0.6 is 11.8 Å². The molecule has 0 saturated carbocycles. The molecule has 0 radical (unpaired) electrons. The Kier molecular flexibility index (Phi) is 5.10. The van der Waals surface area contributed by atoms with Gasteiger partial charge in [0.2, 0.25) is 11.1 Å². The Morgan fingerprint density at radius 2 is 1.80 bits per heavy atom. The van der Waals surface area contributed by atoms with Crippen molar-refractivity contribution in [1.82, 2.24) is 24.7 Å². The Hall–Kier alpha value is -3.33. The van der Waals surface area contributed by atoms with E-state index >= 15 is 0 Å². The molecule has 4 aromatic rings. The first kappa shape index (κ1) is 18.7. The maximum Gasteiger partial charge on any atom is 0.233 e. The predicted octanol–water partition coefficient (Wildman–Crippen LogP) is 2.83. The number of rotatable bonds is 5. The van der Waals surface area contributed by atoms with Gasteiger partial charge in [0.15, 0.2) is 11.4 Å². The first-order chi connectivity index (χ1) is 14.8. The summed E-state index contributed by atoms with van der Waals surface area (Å²) in [6.07, 6.45) is 1.61. The molecule has 0 atom stereocenters. The normalized spacial score (nSPS) is 14.4. The van der Waals surface area contributed by atoms with Crippen molar-refractivity contribution in [1.29, 1.82) is 0 Å². The minimum atomic E-state index is 0.103. The van der Waals surface area contributed by atoms with Gasteiger partial charge in [-0.3, -0.25) is 4.79 Å². The van der Waals surface area contributed by atoms with Crippen molar-refractivity contribution < 1.29 is 9.21 Å². The first-order valence-electron chi connectivity index (χ1n) is 9.75. The fraction of sp³-hybridized carbons (Fsp3) is 0.238. The smallest absolute Gasteiger partial charge is 0.233 e. The molecule has 152 valence electrons. The number of aromatic nitrogens is 4. The quantitative estimate of drug-likeness (QED) is 0.459. The molecule has 1 saturated heterocycles. The van der Waals surface area contributed by atoms with Gasteiger partial charge in [-0.2, -0.15) is 9.61 Å². The molecule has 3 aromatic heterocycles. The van der Waals surface area contributed by atoms with E-state index < -0.39 is 0 Å². The second-order valence-corrected chi connectivity index (χ2v) is 7.88. The highest BCUT2D eigenvalue weighted by molar-refractivity contribution is 7.99. The van der Waals surface area contributed by atoms with E-state index in [0.717, 1.165) is 26.2 Å². The minimum Gasteiger partial charge on any atom is -0.463 e. The van der Waals surface area contributed by atoms with Crippen molar-refractivity contribution in [3.8, 4) is 11.5 Å². The molecule has 8 nitrogen and oxygen atoms in total. The predicted molar refractivity (Wildman–Crippen MR) is 114 cm³/mol. The summed E-state index contributed by atoms with van der Waals surface area (Å²) in [5, 5.41) is 13.5. The topological polar surface area (TPSA) is 79.8 Å². The lowest BCUT2D eigenvalue weighted by molar-refractivity contribution is -0.128. The molecule has 0 bridgehead atoms. The van der Waals surface area contributed by atoms with Gasteiger partial charge in [0.1, 0.15) is 5.69 Å². The number of para-hydroxylation sites is 1. The van der Waals surface area contributed by atoms with E-state index in [0.29, 0.717) is 28.0 Å². The number of amides is 1. The molecule has 1 aliphatic rings. The zero-order chi connectivity index (χ0) is 20.3. The number of fused-ring (bicyclic) bond motifs is 1. The number of benzene rings is 1. The molecule has 1 amide bonds. The van der Waals surface area contributed by atoms with Crippen LogP contribution in [-0.4, -0.2) is 62.6 Å². The van der Waals surface area contributed by atoms with Crippen LogP contribution in [0.15, 0.2) is 70.4 Å². The van der Waals surface area contributed by atoms with Crippen molar-refractivity contribution in [2.75, 3.05) is 36.8 Å². The summed E-state index contributed by atoms with van der Waals surface area (Å²) < 4.78 is 7.07. The van der Waals surface area contributed by atoms with Crippen LogP contribution in [0, 0.1) is 0 Å². The van der Waals surface area contributed by atoms with E-state index in [4.69, 9.17) is 4.42 Å². The van der Waals surface area contributed by atoms with E-state index in [1.165, 1.54) is 17.4 Å². The number of piperazine rings is 1. The Labute approximate surface area is 177 Å². The van der Waals surface area contributed by atoms with Crippen LogP contribution in [0.1, 0.15) is 0 Å². The number of nitrogens with zero attached hydrogens (tertiary/aromatic N) is 6. The third-order valence-electron chi connectivity index (χ3n) is 5.09. The van der Waals surface area contributed by atoms with E-state index in [2.05, 4.69) is 32.3 Å². The van der Waals surface area contributed by atoms with Crippen LogP contribution < -0.4 is 4.90 Å². The molecule has 0 unspecified atom stereocenters. The van der Waals surface area contributed by atoms with Gasteiger partial charge in [0.25, 0.3) is 0 Å². The third kappa shape index (κ3) is 3.76. The molecular weight excluding hydrogens is 400 g/mol. The van der Waals surface area contributed by atoms with E-state index in [1.54, 1.807) is 10.8 Å². The van der Waals surface area contributed by atoms with Gasteiger partial charge < -0.3 is 14.2 Å². The Morgan fingerprint density at radius 3 is 2.57 bits per heavy atom. The second-order valence-electron chi connectivity index (χ2n) is 6.94. The molecule has 0 spiro atoms. The van der Waals surface area contributed by atoms with Crippen molar-refractivity contribution >= 4 is 29.0 Å². The fourth-order valence-corrected chi connectivity index (χ4v) is 4.28. The van der Waals surface area contributed by atoms with Gasteiger partial charge in [0.05, 0.1) is 12.0 Å². The van der Waals surface area contributed by atoms with Gasteiger partial charge in [0, 0.05) is 31.9 Å². The number of carbonyl (C=O) groups excluding carboxylic acids is 1. The van der Waals surface area contributed by atoms with Crippen LogP contribution in [0.25, 0.3) is 17.1 Å². The Bertz CT molecular complexity index is 1140. The van der Waals surface area contributed by atoms with Crippen LogP contribution in [0.2, 0.25) is 0 Å². The number of carbonyl (C=O) groups is 1. The summed E-state index contributed by atoms with van der Waals surface area (Å²) in [5.74, 6) is 1.08. The third-order valence-corrected chi connectivity index (χ3v) is 5.99. The van der Waals surface area contributed by atoms with Gasteiger partial charge in [-0.25, -0.2) is 0 Å². The summed E-state index contributed by atoms with van der Waals surface area (Å²) >= 11 is 1.35. The number of hydrogen-bond acceptors (Lipinski definition) is 7. The first-order valence-corrected chi connectivity index (χ1v) is 10.7. The van der Waals surface area contributed by atoms with Crippen LogP contribution in [0.3, 0.4) is 0 Å². The average Bonchev–Trinajstić information content (AvgIpc) is 3.48. The monoisotopic (exact) mass is 420 g/mol. The molecule has 30 heavy (non-hydrogen) atoms. The lowest BCUT2D eigenvalue weighted by atomic mass is 10.2. The van der Waals surface area contributed by atoms with Crippen molar-refractivity contribution in [3.05, 3.63) is 60.9 Å². The number of furan rings is 1. The van der Waals surface area contributed by atoms with E-state index in [9.17, 15) is 4.79 Å². The summed E-state index contributed by atoms with van der Waals surface area (Å²) in [6, 6.07) is 17.7. The summed E-state index contributed by atoms with van der Waals surface area (Å²) in [4.78, 5) is 16.9. The largest absolute Gasteiger partial charge is 0.463 e. The maximum atomic E-state index is 12.7. The lowest BCUT2D eigenvalue weighted by Gasteiger charge is -2.36. The Balaban J connectivity index is 1.22. The van der Waals surface area contributed by atoms with E-state index in [1.807, 2.05) is 47.4 Å². The second kappa shape index (κ2) is 8.19. The summed E-state index contributed by atoms with van der Waals surface area (Å²) in [7, 11) is 0. The molecule has 1 aromatic carbocycles. The summed E-state index contributed by atoms with van der Waals surface area (Å²) in [5.41, 5.74) is 2.53. The maximum absolute atomic E-state index is 12.7. The molecule has 0 N–H and O–H groups in total. The highest BCUT2D eigenvalue weighted by atomic mass is 32.2. The van der Waals surface area contributed by atoms with E-state index in [-0.39, 0.29) is 5.91 Å². The van der Waals surface area contributed by atoms with Crippen molar-refractivity contribution in [2.45, 2.75) is 5.16 Å². The number of anilines is 1. The number of thioether (sulfide) groups is 1. The molecule has 9 heteroatoms. The standard InChI is InChI=1S/C21H20N6O2S/c28-20(26-12-10-25(11-13-26)16-5-2-1-3-6-16)15-30-21-23-22-19-9-8-17(24-27(19)21)18-7-4-14-29-18/h1-9,14H,10-13,15H2. The molecule has 1 aliphatic heterocycles. The van der Waals surface area contributed by atoms with Gasteiger partial charge >= 0.3 is 0 Å². The Morgan fingerprint density at radius 1 is 0.967 bits per heavy atom. The van der Waals surface area contributed by atoms with Crippen LogP contribution in [0.5, 0.6) is 0 Å². The lowest BCUT2D eigenvalue weighted by Crippen LogP contribution is -2.49.